The first-order valence-corrected chi connectivity index (χ1v) is 11.1. The summed E-state index contributed by atoms with van der Waals surface area (Å²) in [6, 6.07) is 19.4. The molecule has 5 rings (SSSR count). The fourth-order valence-electron chi connectivity index (χ4n) is 3.70. The highest BCUT2D eigenvalue weighted by Crippen LogP contribution is 2.22. The molecule has 0 unspecified atom stereocenters. The van der Waals surface area contributed by atoms with Gasteiger partial charge in [-0.15, -0.1) is 0 Å². The monoisotopic (exact) mass is 446 g/mol. The van der Waals surface area contributed by atoms with Gasteiger partial charge in [-0.3, -0.25) is 4.79 Å². The Labute approximate surface area is 188 Å². The number of fused-ring (bicyclic) bond motifs is 3. The largest absolute Gasteiger partial charge is 0.489 e. The lowest BCUT2D eigenvalue weighted by Gasteiger charge is -2.07. The number of rotatable bonds is 4. The number of hydrogen-bond donors (Lipinski definition) is 0. The lowest BCUT2D eigenvalue weighted by atomic mass is 10.1. The number of aryl methyl sites for hydroxylation is 2. The molecule has 0 atom stereocenters. The van der Waals surface area contributed by atoms with Gasteiger partial charge in [0.15, 0.2) is 4.96 Å². The highest BCUT2D eigenvalue weighted by atomic mass is 35.5. The molecule has 154 valence electrons. The Kier molecular flexibility index (Phi) is 5.00. The molecular weight excluding hydrogens is 428 g/mol. The zero-order valence-electron chi connectivity index (χ0n) is 17.1. The van der Waals surface area contributed by atoms with Crippen LogP contribution in [0.5, 0.6) is 5.75 Å². The summed E-state index contributed by atoms with van der Waals surface area (Å²) >= 11 is 7.34. The number of thiazole rings is 1. The second-order valence-electron chi connectivity index (χ2n) is 7.58. The molecule has 0 N–H and O–H groups in total. The van der Waals surface area contributed by atoms with Crippen molar-refractivity contribution in [1.29, 1.82) is 0 Å². The molecule has 0 bridgehead atoms. The van der Waals surface area contributed by atoms with Crippen molar-refractivity contribution in [2.75, 3.05) is 0 Å². The van der Waals surface area contributed by atoms with Gasteiger partial charge < -0.3 is 4.74 Å². The van der Waals surface area contributed by atoms with Crippen LogP contribution in [0.25, 0.3) is 22.1 Å². The first-order valence-electron chi connectivity index (χ1n) is 9.89. The highest BCUT2D eigenvalue weighted by molar-refractivity contribution is 7.15. The van der Waals surface area contributed by atoms with Crippen LogP contribution in [0.2, 0.25) is 5.02 Å². The van der Waals surface area contributed by atoms with Gasteiger partial charge in [-0.25, -0.2) is 9.38 Å². The Morgan fingerprint density at radius 3 is 2.71 bits per heavy atom. The predicted molar refractivity (Wildman–Crippen MR) is 127 cm³/mol. The maximum absolute atomic E-state index is 13.1. The maximum atomic E-state index is 13.1. The third-order valence-electron chi connectivity index (χ3n) is 5.15. The van der Waals surface area contributed by atoms with Crippen LogP contribution in [0.4, 0.5) is 0 Å². The number of halogens is 1. The molecule has 2 aromatic heterocycles. The third kappa shape index (κ3) is 3.82. The van der Waals surface area contributed by atoms with E-state index >= 15 is 0 Å². The van der Waals surface area contributed by atoms with Crippen LogP contribution in [0.1, 0.15) is 22.3 Å². The molecule has 3 aromatic carbocycles. The highest BCUT2D eigenvalue weighted by Gasteiger charge is 2.13. The fraction of sp³-hybridized carbons (Fsp3) is 0.120. The van der Waals surface area contributed by atoms with Crippen LogP contribution < -0.4 is 14.8 Å². The molecule has 4 nitrogen and oxygen atoms in total. The quantitative estimate of drug-likeness (QED) is 0.376. The Morgan fingerprint density at radius 1 is 1.10 bits per heavy atom. The van der Waals surface area contributed by atoms with E-state index in [0.29, 0.717) is 16.2 Å². The standard InChI is InChI=1S/C25H19ClN2O2S/c1-15-10-16(2)23-21(11-15)28-24(29)22(31-25(28)27-23)13-18-4-3-5-20(12-18)30-14-17-6-8-19(26)9-7-17/h3-13H,14H2,1-2H3. The number of benzene rings is 3. The van der Waals surface area contributed by atoms with Crippen LogP contribution in [-0.4, -0.2) is 9.38 Å². The van der Waals surface area contributed by atoms with Crippen molar-refractivity contribution in [2.24, 2.45) is 0 Å². The summed E-state index contributed by atoms with van der Waals surface area (Å²) in [6.07, 6.45) is 1.89. The van der Waals surface area contributed by atoms with Gasteiger partial charge in [-0.2, -0.15) is 0 Å². The van der Waals surface area contributed by atoms with Gasteiger partial charge >= 0.3 is 0 Å². The van der Waals surface area contributed by atoms with E-state index in [1.165, 1.54) is 11.3 Å². The van der Waals surface area contributed by atoms with Crippen molar-refractivity contribution < 1.29 is 4.74 Å². The number of imidazole rings is 1. The van der Waals surface area contributed by atoms with Crippen LogP contribution in [0, 0.1) is 13.8 Å². The zero-order valence-corrected chi connectivity index (χ0v) is 18.6. The number of nitrogens with zero attached hydrogens (tertiary/aromatic N) is 2. The van der Waals surface area contributed by atoms with Gasteiger partial charge in [0.1, 0.15) is 12.4 Å². The molecule has 0 radical (unpaired) electrons. The summed E-state index contributed by atoms with van der Waals surface area (Å²) in [5.41, 5.74) is 5.87. The van der Waals surface area contributed by atoms with E-state index < -0.39 is 0 Å². The molecule has 5 aromatic rings. The summed E-state index contributed by atoms with van der Waals surface area (Å²) in [6.45, 7) is 4.51. The van der Waals surface area contributed by atoms with E-state index in [-0.39, 0.29) is 5.56 Å². The summed E-state index contributed by atoms with van der Waals surface area (Å²) in [4.78, 5) is 18.5. The molecule has 0 aliphatic carbocycles. The average Bonchev–Trinajstić information content (AvgIpc) is 3.25. The lowest BCUT2D eigenvalue weighted by molar-refractivity contribution is 0.306. The lowest BCUT2D eigenvalue weighted by Crippen LogP contribution is -2.22. The first-order chi connectivity index (χ1) is 15.0. The van der Waals surface area contributed by atoms with Crippen molar-refractivity contribution >= 4 is 45.0 Å². The van der Waals surface area contributed by atoms with Gasteiger partial charge in [0.05, 0.1) is 15.6 Å². The van der Waals surface area contributed by atoms with E-state index in [4.69, 9.17) is 21.3 Å². The molecule has 0 fully saturated rings. The van der Waals surface area contributed by atoms with Crippen LogP contribution in [0.15, 0.2) is 65.5 Å². The van der Waals surface area contributed by atoms with E-state index in [1.54, 1.807) is 4.40 Å². The Morgan fingerprint density at radius 2 is 1.90 bits per heavy atom. The Hall–Kier alpha value is -3.15. The van der Waals surface area contributed by atoms with Gasteiger partial charge in [0.2, 0.25) is 0 Å². The van der Waals surface area contributed by atoms with Crippen molar-refractivity contribution in [2.45, 2.75) is 20.5 Å². The molecule has 0 aliphatic heterocycles. The number of ether oxygens (including phenoxy) is 1. The van der Waals surface area contributed by atoms with Crippen LogP contribution in [-0.2, 0) is 6.61 Å². The van der Waals surface area contributed by atoms with Crippen molar-refractivity contribution in [3.63, 3.8) is 0 Å². The summed E-state index contributed by atoms with van der Waals surface area (Å²) in [7, 11) is 0. The summed E-state index contributed by atoms with van der Waals surface area (Å²) < 4.78 is 8.28. The number of aromatic nitrogens is 2. The normalized spacial score (nSPS) is 12.2. The minimum Gasteiger partial charge on any atom is -0.489 e. The van der Waals surface area contributed by atoms with E-state index in [1.807, 2.05) is 74.5 Å². The van der Waals surface area contributed by atoms with Crippen molar-refractivity contribution in [3.05, 3.63) is 103 Å². The molecule has 2 heterocycles. The van der Waals surface area contributed by atoms with Crippen molar-refractivity contribution in [1.82, 2.24) is 9.38 Å². The van der Waals surface area contributed by atoms with Gasteiger partial charge in [0.25, 0.3) is 5.56 Å². The van der Waals surface area contributed by atoms with Crippen LogP contribution in [0.3, 0.4) is 0 Å². The summed E-state index contributed by atoms with van der Waals surface area (Å²) in [5.74, 6) is 0.745. The smallest absolute Gasteiger partial charge is 0.274 e. The molecule has 31 heavy (non-hydrogen) atoms. The topological polar surface area (TPSA) is 43.6 Å². The van der Waals surface area contributed by atoms with Gasteiger partial charge in [-0.1, -0.05) is 53.3 Å². The van der Waals surface area contributed by atoms with E-state index in [9.17, 15) is 4.79 Å². The van der Waals surface area contributed by atoms with E-state index in [2.05, 4.69) is 6.07 Å². The SMILES string of the molecule is Cc1cc(C)c2nc3sc(=Cc4cccc(OCc5ccc(Cl)cc5)c4)c(=O)n3c2c1. The second kappa shape index (κ2) is 7.84. The van der Waals surface area contributed by atoms with Gasteiger partial charge in [0, 0.05) is 5.02 Å². The molecule has 0 amide bonds. The molecular formula is C25H19ClN2O2S. The first kappa shape index (κ1) is 19.8. The molecule has 6 heteroatoms. The zero-order chi connectivity index (χ0) is 21.5. The molecule has 0 saturated heterocycles. The molecule has 0 saturated carbocycles. The predicted octanol–water partition coefficient (Wildman–Crippen LogP) is 5.31. The average molecular weight is 447 g/mol. The Bertz CT molecular complexity index is 1530. The minimum absolute atomic E-state index is 0.0417. The second-order valence-corrected chi connectivity index (χ2v) is 9.03. The number of hydrogen-bond acceptors (Lipinski definition) is 4. The fourth-order valence-corrected chi connectivity index (χ4v) is 4.81. The summed E-state index contributed by atoms with van der Waals surface area (Å²) in [5, 5.41) is 0.703. The Balaban J connectivity index is 1.49. The molecule has 0 spiro atoms. The van der Waals surface area contributed by atoms with E-state index in [0.717, 1.165) is 44.0 Å². The van der Waals surface area contributed by atoms with Gasteiger partial charge in [-0.05, 0) is 72.5 Å². The minimum atomic E-state index is -0.0417. The molecule has 0 aliphatic rings. The third-order valence-corrected chi connectivity index (χ3v) is 6.37. The van der Waals surface area contributed by atoms with Crippen LogP contribution >= 0.6 is 22.9 Å². The van der Waals surface area contributed by atoms with Crippen molar-refractivity contribution in [3.8, 4) is 5.75 Å². The maximum Gasteiger partial charge on any atom is 0.274 e.